The van der Waals surface area contributed by atoms with Gasteiger partial charge in [0.2, 0.25) is 10.0 Å². The zero-order valence-electron chi connectivity index (χ0n) is 24.3. The summed E-state index contributed by atoms with van der Waals surface area (Å²) in [5.74, 6) is -0.135. The zero-order valence-corrected chi connectivity index (χ0v) is 25.1. The number of aryl methyl sites for hydroxylation is 1. The summed E-state index contributed by atoms with van der Waals surface area (Å²) in [6.45, 7) is 10.2. The van der Waals surface area contributed by atoms with Crippen LogP contribution in [0, 0.1) is 13.8 Å². The highest BCUT2D eigenvalue weighted by Gasteiger charge is 2.40. The van der Waals surface area contributed by atoms with Crippen molar-refractivity contribution in [3.05, 3.63) is 65.1 Å². The molecule has 0 bridgehead atoms. The Morgan fingerprint density at radius 2 is 1.83 bits per heavy atom. The number of hydrogen-bond acceptors (Lipinski definition) is 7. The van der Waals surface area contributed by atoms with Gasteiger partial charge in [-0.05, 0) is 81.3 Å². The number of methoxy groups -OCH3 is 1. The first-order chi connectivity index (χ1) is 19.3. The molecule has 1 amide bonds. The van der Waals surface area contributed by atoms with Crippen LogP contribution in [0.1, 0.15) is 66.8 Å². The Morgan fingerprint density at radius 1 is 1.12 bits per heavy atom. The number of anilines is 2. The van der Waals surface area contributed by atoms with Gasteiger partial charge in [0.25, 0.3) is 5.91 Å². The number of hydrogen-bond donors (Lipinski definition) is 2. The number of ether oxygens (including phenoxy) is 1. The fourth-order valence-electron chi connectivity index (χ4n) is 4.93. The van der Waals surface area contributed by atoms with Gasteiger partial charge < -0.3 is 10.1 Å². The summed E-state index contributed by atoms with van der Waals surface area (Å²) in [4.78, 5) is 13.5. The van der Waals surface area contributed by atoms with E-state index >= 15 is 0 Å². The van der Waals surface area contributed by atoms with E-state index in [1.807, 2.05) is 36.9 Å². The van der Waals surface area contributed by atoms with Gasteiger partial charge in [-0.3, -0.25) is 14.2 Å². The predicted molar refractivity (Wildman–Crippen MR) is 158 cm³/mol. The van der Waals surface area contributed by atoms with Crippen LogP contribution < -0.4 is 14.8 Å². The van der Waals surface area contributed by atoms with Gasteiger partial charge in [-0.2, -0.15) is 5.10 Å². The third kappa shape index (κ3) is 5.69. The predicted octanol–water partition coefficient (Wildman–Crippen LogP) is 5.01. The number of rotatable bonds is 9. The van der Waals surface area contributed by atoms with Gasteiger partial charge in [0, 0.05) is 22.9 Å². The van der Waals surface area contributed by atoms with E-state index < -0.39 is 10.0 Å². The Kier molecular flexibility index (Phi) is 7.14. The minimum absolute atomic E-state index is 0.0778. The number of amides is 1. The van der Waals surface area contributed by atoms with Gasteiger partial charge in [0.1, 0.15) is 5.69 Å². The maximum Gasteiger partial charge on any atom is 0.255 e. The van der Waals surface area contributed by atoms with Crippen LogP contribution in [-0.2, 0) is 15.4 Å². The fourth-order valence-corrected chi connectivity index (χ4v) is 5.49. The molecular formula is C29H35N7O4S. The van der Waals surface area contributed by atoms with Gasteiger partial charge in [-0.1, -0.05) is 18.2 Å². The summed E-state index contributed by atoms with van der Waals surface area (Å²) >= 11 is 0. The minimum atomic E-state index is -3.58. The summed E-state index contributed by atoms with van der Waals surface area (Å²) in [5, 5.41) is 16.1. The lowest BCUT2D eigenvalue weighted by molar-refractivity contribution is 0.102. The molecule has 2 heterocycles. The SMILES string of the molecule is COc1c(NC(=O)c2ccc(C)c(-n3cc(-c4cnn(C(C)C)c4C)nn3)c2)cc(C2(C)CC2)cc1NS(C)(=O)=O. The minimum Gasteiger partial charge on any atom is -0.492 e. The molecule has 12 heteroatoms. The molecule has 0 aliphatic heterocycles. The van der Waals surface area contributed by atoms with E-state index in [1.165, 1.54) is 7.11 Å². The van der Waals surface area contributed by atoms with E-state index in [9.17, 15) is 13.2 Å². The molecule has 0 saturated heterocycles. The summed E-state index contributed by atoms with van der Waals surface area (Å²) in [6.07, 6.45) is 6.65. The molecule has 1 fully saturated rings. The summed E-state index contributed by atoms with van der Waals surface area (Å²) in [5.41, 5.74) is 6.11. The lowest BCUT2D eigenvalue weighted by Crippen LogP contribution is -2.17. The number of nitrogens with zero attached hydrogens (tertiary/aromatic N) is 5. The van der Waals surface area contributed by atoms with E-state index in [0.29, 0.717) is 22.6 Å². The summed E-state index contributed by atoms with van der Waals surface area (Å²) < 4.78 is 35.8. The normalized spacial score (nSPS) is 14.2. The molecule has 4 aromatic rings. The summed E-state index contributed by atoms with van der Waals surface area (Å²) in [7, 11) is -2.14. The van der Waals surface area contributed by atoms with Crippen molar-refractivity contribution in [2.75, 3.05) is 23.4 Å². The molecule has 41 heavy (non-hydrogen) atoms. The van der Waals surface area contributed by atoms with Crippen molar-refractivity contribution >= 4 is 27.3 Å². The highest BCUT2D eigenvalue weighted by Crippen LogP contribution is 2.50. The van der Waals surface area contributed by atoms with Crippen molar-refractivity contribution in [3.8, 4) is 22.7 Å². The fraction of sp³-hybridized carbons (Fsp3) is 0.379. The first kappa shape index (κ1) is 28.3. The van der Waals surface area contributed by atoms with Crippen LogP contribution in [0.3, 0.4) is 0 Å². The monoisotopic (exact) mass is 577 g/mol. The third-order valence-electron chi connectivity index (χ3n) is 7.55. The van der Waals surface area contributed by atoms with E-state index in [-0.39, 0.29) is 28.8 Å². The number of carbonyl (C=O) groups excluding carboxylic acids is 1. The highest BCUT2D eigenvalue weighted by molar-refractivity contribution is 7.92. The van der Waals surface area contributed by atoms with Gasteiger partial charge >= 0.3 is 0 Å². The first-order valence-electron chi connectivity index (χ1n) is 13.4. The van der Waals surface area contributed by atoms with E-state index in [1.54, 1.807) is 29.1 Å². The Balaban J connectivity index is 1.47. The molecule has 1 aliphatic carbocycles. The molecule has 5 rings (SSSR count). The van der Waals surface area contributed by atoms with Crippen molar-refractivity contribution < 1.29 is 17.9 Å². The second kappa shape index (κ2) is 10.3. The Bertz CT molecular complexity index is 1750. The van der Waals surface area contributed by atoms with Gasteiger partial charge in [0.15, 0.2) is 5.75 Å². The standard InChI is InChI=1S/C29H35N7O4S/c1-17(2)36-19(4)22(15-30-36)25-16-35(34-32-25)26-12-20(9-8-18(26)3)28(37)31-23-13-21(29(5)10-11-29)14-24(27(23)40-6)33-41(7,38)39/h8-9,12-17,33H,10-11H2,1-7H3,(H,31,37). The molecule has 2 N–H and O–H groups in total. The molecule has 2 aromatic carbocycles. The maximum absolute atomic E-state index is 13.5. The van der Waals surface area contributed by atoms with Crippen LogP contribution >= 0.6 is 0 Å². The van der Waals surface area contributed by atoms with Crippen LogP contribution in [0.15, 0.2) is 42.7 Å². The van der Waals surface area contributed by atoms with Crippen LogP contribution in [-0.4, -0.2) is 52.5 Å². The third-order valence-corrected chi connectivity index (χ3v) is 8.15. The zero-order chi connectivity index (χ0) is 29.7. The highest BCUT2D eigenvalue weighted by atomic mass is 32.2. The molecule has 1 aliphatic rings. The first-order valence-corrected chi connectivity index (χ1v) is 15.3. The van der Waals surface area contributed by atoms with Crippen molar-refractivity contribution in [1.82, 2.24) is 24.8 Å². The van der Waals surface area contributed by atoms with Crippen molar-refractivity contribution in [2.45, 2.75) is 58.9 Å². The number of carbonyl (C=O) groups is 1. The average molecular weight is 578 g/mol. The van der Waals surface area contributed by atoms with Gasteiger partial charge in [-0.25, -0.2) is 13.1 Å². The van der Waals surface area contributed by atoms with Crippen molar-refractivity contribution in [2.24, 2.45) is 0 Å². The number of nitrogens with one attached hydrogen (secondary N) is 2. The molecule has 0 unspecified atom stereocenters. The van der Waals surface area contributed by atoms with Crippen LogP contribution in [0.25, 0.3) is 16.9 Å². The second-order valence-corrected chi connectivity index (χ2v) is 13.0. The van der Waals surface area contributed by atoms with E-state index in [2.05, 4.69) is 46.2 Å². The molecule has 0 atom stereocenters. The quantitative estimate of drug-likeness (QED) is 0.286. The molecular weight excluding hydrogens is 542 g/mol. The lowest BCUT2D eigenvalue weighted by Gasteiger charge is -2.19. The van der Waals surface area contributed by atoms with Gasteiger partial charge in [0.05, 0.1) is 42.8 Å². The topological polar surface area (TPSA) is 133 Å². The summed E-state index contributed by atoms with van der Waals surface area (Å²) in [6, 6.07) is 9.19. The van der Waals surface area contributed by atoms with E-state index in [4.69, 9.17) is 4.74 Å². The Hall–Kier alpha value is -4.19. The van der Waals surface area contributed by atoms with Gasteiger partial charge in [-0.15, -0.1) is 5.10 Å². The molecule has 216 valence electrons. The molecule has 1 saturated carbocycles. The van der Waals surface area contributed by atoms with Crippen LogP contribution in [0.4, 0.5) is 11.4 Å². The second-order valence-electron chi connectivity index (χ2n) is 11.2. The maximum atomic E-state index is 13.5. The molecule has 0 spiro atoms. The molecule has 2 aromatic heterocycles. The average Bonchev–Trinajstić information content (AvgIpc) is 3.28. The lowest BCUT2D eigenvalue weighted by atomic mass is 9.96. The van der Waals surface area contributed by atoms with Crippen molar-refractivity contribution in [3.63, 3.8) is 0 Å². The van der Waals surface area contributed by atoms with Crippen LogP contribution in [0.5, 0.6) is 5.75 Å². The largest absolute Gasteiger partial charge is 0.492 e. The van der Waals surface area contributed by atoms with Crippen LogP contribution in [0.2, 0.25) is 0 Å². The van der Waals surface area contributed by atoms with Crippen molar-refractivity contribution in [1.29, 1.82) is 0 Å². The van der Waals surface area contributed by atoms with E-state index in [0.717, 1.165) is 41.5 Å². The number of aromatic nitrogens is 5. The molecule has 0 radical (unpaired) electrons. The Labute approximate surface area is 240 Å². The molecule has 11 nitrogen and oxygen atoms in total. The number of sulfonamides is 1. The Morgan fingerprint density at radius 3 is 2.44 bits per heavy atom. The smallest absolute Gasteiger partial charge is 0.255 e. The number of benzene rings is 2.